The lowest BCUT2D eigenvalue weighted by molar-refractivity contribution is 0.624. The molecule has 0 bridgehead atoms. The minimum Gasteiger partial charge on any atom is -0.399 e. The summed E-state index contributed by atoms with van der Waals surface area (Å²) in [5.74, 6) is 5.73. The van der Waals surface area contributed by atoms with Crippen LogP contribution in [0, 0.1) is 29.0 Å². The molecule has 25 heavy (non-hydrogen) atoms. The topological polar surface area (TPSA) is 88.7 Å². The molecule has 0 aliphatic carbocycles. The van der Waals surface area contributed by atoms with Crippen molar-refractivity contribution in [2.45, 2.75) is 0 Å². The number of halogens is 1. The van der Waals surface area contributed by atoms with Gasteiger partial charge in [0, 0.05) is 23.0 Å². The van der Waals surface area contributed by atoms with E-state index >= 15 is 0 Å². The largest absolute Gasteiger partial charge is 0.399 e. The third kappa shape index (κ3) is 3.41. The number of nitrogens with zero attached hydrogens (tertiary/aromatic N) is 2. The Morgan fingerprint density at radius 3 is 2.44 bits per heavy atom. The Bertz CT molecular complexity index is 1040. The van der Waals surface area contributed by atoms with E-state index in [-0.39, 0.29) is 11.4 Å². The second-order valence-corrected chi connectivity index (χ2v) is 5.30. The van der Waals surface area contributed by atoms with E-state index in [2.05, 4.69) is 16.8 Å². The number of hydrogen-bond acceptors (Lipinski definition) is 4. The molecular formula is C20H13FN4. The first-order chi connectivity index (χ1) is 12.1. The van der Waals surface area contributed by atoms with Crippen LogP contribution >= 0.6 is 0 Å². The standard InChI is InChI=1S/C20H13FN4/c21-19-8-4-14(11-15(19)12-22)17-9-10-25-20(24)18(17)7-3-13-1-5-16(23)6-2-13/h1-2,4-6,8-11H,23H2,(H2,24,25). The molecule has 0 unspecified atom stereocenters. The average Bonchev–Trinajstić information content (AvgIpc) is 2.62. The van der Waals surface area contributed by atoms with Crippen molar-refractivity contribution < 1.29 is 4.39 Å². The van der Waals surface area contributed by atoms with Gasteiger partial charge in [0.1, 0.15) is 17.7 Å². The summed E-state index contributed by atoms with van der Waals surface area (Å²) in [6.07, 6.45) is 1.55. The summed E-state index contributed by atoms with van der Waals surface area (Å²) in [6.45, 7) is 0. The van der Waals surface area contributed by atoms with Crippen molar-refractivity contribution in [2.75, 3.05) is 11.5 Å². The summed E-state index contributed by atoms with van der Waals surface area (Å²) in [7, 11) is 0. The van der Waals surface area contributed by atoms with Gasteiger partial charge < -0.3 is 11.5 Å². The summed E-state index contributed by atoms with van der Waals surface area (Å²) in [5, 5.41) is 9.02. The van der Waals surface area contributed by atoms with E-state index in [1.165, 1.54) is 12.1 Å². The molecule has 0 saturated heterocycles. The number of benzene rings is 2. The predicted molar refractivity (Wildman–Crippen MR) is 95.6 cm³/mol. The molecule has 3 rings (SSSR count). The first-order valence-electron chi connectivity index (χ1n) is 7.40. The zero-order valence-corrected chi connectivity index (χ0v) is 13.1. The lowest BCUT2D eigenvalue weighted by Crippen LogP contribution is -1.97. The van der Waals surface area contributed by atoms with Gasteiger partial charge in [-0.3, -0.25) is 0 Å². The fourth-order valence-electron chi connectivity index (χ4n) is 2.33. The molecular weight excluding hydrogens is 315 g/mol. The van der Waals surface area contributed by atoms with E-state index in [0.29, 0.717) is 22.4 Å². The molecule has 0 fully saturated rings. The SMILES string of the molecule is N#Cc1cc(-c2ccnc(N)c2C#Cc2ccc(N)cc2)ccc1F. The normalized spacial score (nSPS) is 9.76. The van der Waals surface area contributed by atoms with Crippen molar-refractivity contribution in [1.29, 1.82) is 5.26 Å². The number of pyridine rings is 1. The van der Waals surface area contributed by atoms with E-state index in [9.17, 15) is 4.39 Å². The third-order valence-electron chi connectivity index (χ3n) is 3.62. The summed E-state index contributed by atoms with van der Waals surface area (Å²) in [4.78, 5) is 4.07. The molecule has 5 heteroatoms. The van der Waals surface area contributed by atoms with Crippen LogP contribution in [0.5, 0.6) is 0 Å². The van der Waals surface area contributed by atoms with Crippen LogP contribution in [0.15, 0.2) is 54.7 Å². The van der Waals surface area contributed by atoms with E-state index in [4.69, 9.17) is 16.7 Å². The predicted octanol–water partition coefficient (Wildman–Crippen LogP) is 3.32. The van der Waals surface area contributed by atoms with Gasteiger partial charge in [0.2, 0.25) is 0 Å². The van der Waals surface area contributed by atoms with Gasteiger partial charge in [0.25, 0.3) is 0 Å². The molecule has 0 radical (unpaired) electrons. The maximum atomic E-state index is 13.6. The van der Waals surface area contributed by atoms with Crippen LogP contribution < -0.4 is 11.5 Å². The molecule has 1 heterocycles. The summed E-state index contributed by atoms with van der Waals surface area (Å²) >= 11 is 0. The second-order valence-electron chi connectivity index (χ2n) is 5.30. The van der Waals surface area contributed by atoms with Crippen molar-refractivity contribution in [3.05, 3.63) is 77.2 Å². The van der Waals surface area contributed by atoms with Gasteiger partial charge in [0.15, 0.2) is 0 Å². The second kappa shape index (κ2) is 6.74. The van der Waals surface area contributed by atoms with Crippen molar-refractivity contribution in [1.82, 2.24) is 4.98 Å². The van der Waals surface area contributed by atoms with Crippen LogP contribution in [-0.4, -0.2) is 4.98 Å². The molecule has 4 nitrogen and oxygen atoms in total. The molecule has 1 aromatic heterocycles. The Balaban J connectivity index is 2.10. The van der Waals surface area contributed by atoms with Crippen molar-refractivity contribution in [2.24, 2.45) is 0 Å². The van der Waals surface area contributed by atoms with E-state index in [1.54, 1.807) is 42.6 Å². The molecule has 0 atom stereocenters. The van der Waals surface area contributed by atoms with Crippen molar-refractivity contribution in [3.63, 3.8) is 0 Å². The molecule has 3 aromatic rings. The highest BCUT2D eigenvalue weighted by atomic mass is 19.1. The van der Waals surface area contributed by atoms with Crippen LogP contribution in [0.2, 0.25) is 0 Å². The summed E-state index contributed by atoms with van der Waals surface area (Å²) < 4.78 is 13.6. The Kier molecular flexibility index (Phi) is 4.32. The number of rotatable bonds is 1. The highest BCUT2D eigenvalue weighted by Gasteiger charge is 2.10. The zero-order valence-electron chi connectivity index (χ0n) is 13.1. The maximum Gasteiger partial charge on any atom is 0.140 e. The fraction of sp³-hybridized carbons (Fsp3) is 0. The van der Waals surface area contributed by atoms with E-state index in [1.807, 2.05) is 6.07 Å². The first-order valence-corrected chi connectivity index (χ1v) is 7.40. The van der Waals surface area contributed by atoms with Gasteiger partial charge in [-0.15, -0.1) is 0 Å². The van der Waals surface area contributed by atoms with Crippen LogP contribution in [0.1, 0.15) is 16.7 Å². The highest BCUT2D eigenvalue weighted by molar-refractivity contribution is 5.77. The lowest BCUT2D eigenvalue weighted by Gasteiger charge is -2.07. The number of nitrogen functional groups attached to an aromatic ring is 2. The van der Waals surface area contributed by atoms with Gasteiger partial charge in [-0.2, -0.15) is 5.26 Å². The molecule has 4 N–H and O–H groups in total. The van der Waals surface area contributed by atoms with Crippen molar-refractivity contribution in [3.8, 4) is 29.0 Å². The van der Waals surface area contributed by atoms with E-state index in [0.717, 1.165) is 5.56 Å². The monoisotopic (exact) mass is 328 g/mol. The Labute approximate surface area is 144 Å². The van der Waals surface area contributed by atoms with Gasteiger partial charge in [0.05, 0.1) is 11.1 Å². The van der Waals surface area contributed by atoms with Crippen LogP contribution in [0.4, 0.5) is 15.9 Å². The number of nitrogens with two attached hydrogens (primary N) is 2. The lowest BCUT2D eigenvalue weighted by atomic mass is 9.99. The molecule has 0 aliphatic rings. The van der Waals surface area contributed by atoms with Crippen LogP contribution in [-0.2, 0) is 0 Å². The van der Waals surface area contributed by atoms with E-state index < -0.39 is 5.82 Å². The number of hydrogen-bond donors (Lipinski definition) is 2. The quantitative estimate of drug-likeness (QED) is 0.530. The number of nitriles is 1. The molecule has 2 aromatic carbocycles. The zero-order chi connectivity index (χ0) is 17.8. The highest BCUT2D eigenvalue weighted by Crippen LogP contribution is 2.27. The molecule has 0 spiro atoms. The van der Waals surface area contributed by atoms with Crippen LogP contribution in [0.3, 0.4) is 0 Å². The molecule has 0 aliphatic heterocycles. The Morgan fingerprint density at radius 2 is 1.72 bits per heavy atom. The summed E-state index contributed by atoms with van der Waals surface area (Å²) in [5.41, 5.74) is 14.9. The molecule has 0 saturated carbocycles. The third-order valence-corrected chi connectivity index (χ3v) is 3.62. The fourth-order valence-corrected chi connectivity index (χ4v) is 2.33. The van der Waals surface area contributed by atoms with Gasteiger partial charge in [-0.25, -0.2) is 9.37 Å². The minimum absolute atomic E-state index is 0.0367. The van der Waals surface area contributed by atoms with Crippen molar-refractivity contribution >= 4 is 11.5 Å². The summed E-state index contributed by atoms with van der Waals surface area (Å²) in [6, 6.07) is 15.0. The van der Waals surface area contributed by atoms with Crippen LogP contribution in [0.25, 0.3) is 11.1 Å². The number of anilines is 2. The Hall–Kier alpha value is -3.83. The maximum absolute atomic E-state index is 13.6. The van der Waals surface area contributed by atoms with Gasteiger partial charge in [-0.05, 0) is 48.0 Å². The molecule has 120 valence electrons. The number of aromatic nitrogens is 1. The van der Waals surface area contributed by atoms with Gasteiger partial charge >= 0.3 is 0 Å². The van der Waals surface area contributed by atoms with Gasteiger partial charge in [-0.1, -0.05) is 17.9 Å². The first kappa shape index (κ1) is 16.0. The smallest absolute Gasteiger partial charge is 0.140 e. The minimum atomic E-state index is -0.567. The Morgan fingerprint density at radius 1 is 0.960 bits per heavy atom. The average molecular weight is 328 g/mol. The molecule has 0 amide bonds.